The average molecular weight is 177 g/mol. The van der Waals surface area contributed by atoms with Gasteiger partial charge in [0.25, 0.3) is 0 Å². The number of benzene rings is 1. The van der Waals surface area contributed by atoms with E-state index in [1.165, 1.54) is 18.4 Å². The van der Waals surface area contributed by atoms with Crippen LogP contribution in [-0.4, -0.2) is 6.54 Å². The zero-order chi connectivity index (χ0) is 9.52. The van der Waals surface area contributed by atoms with Crippen LogP contribution in [0.4, 0.5) is 0 Å². The van der Waals surface area contributed by atoms with E-state index in [1.54, 1.807) is 0 Å². The first-order valence-electron chi connectivity index (χ1n) is 5.07. The molecule has 1 heteroatoms. The summed E-state index contributed by atoms with van der Waals surface area (Å²) in [5, 5.41) is 0. The van der Waals surface area contributed by atoms with Crippen LogP contribution in [0, 0.1) is 5.92 Å². The zero-order valence-electron chi connectivity index (χ0n) is 8.37. The quantitative estimate of drug-likeness (QED) is 0.735. The zero-order valence-corrected chi connectivity index (χ0v) is 8.37. The Morgan fingerprint density at radius 2 is 1.92 bits per heavy atom. The van der Waals surface area contributed by atoms with E-state index in [2.05, 4.69) is 37.3 Å². The SMILES string of the molecule is CC(CCCN)Cc1ccccc1. The lowest BCUT2D eigenvalue weighted by Gasteiger charge is -2.09. The molecule has 1 rings (SSSR count). The third-order valence-electron chi connectivity index (χ3n) is 2.33. The molecule has 1 aromatic carbocycles. The lowest BCUT2D eigenvalue weighted by atomic mass is 9.97. The highest BCUT2D eigenvalue weighted by atomic mass is 14.5. The Bertz CT molecular complexity index is 218. The van der Waals surface area contributed by atoms with E-state index in [9.17, 15) is 0 Å². The monoisotopic (exact) mass is 177 g/mol. The van der Waals surface area contributed by atoms with Crippen molar-refractivity contribution in [2.24, 2.45) is 11.7 Å². The molecule has 1 atom stereocenters. The molecule has 0 fully saturated rings. The second-order valence-corrected chi connectivity index (χ2v) is 3.73. The predicted molar refractivity (Wildman–Crippen MR) is 57.6 cm³/mol. The van der Waals surface area contributed by atoms with Gasteiger partial charge in [0.2, 0.25) is 0 Å². The van der Waals surface area contributed by atoms with Gasteiger partial charge in [-0.15, -0.1) is 0 Å². The van der Waals surface area contributed by atoms with Crippen LogP contribution in [-0.2, 0) is 6.42 Å². The Morgan fingerprint density at radius 3 is 2.54 bits per heavy atom. The molecule has 0 bridgehead atoms. The second-order valence-electron chi connectivity index (χ2n) is 3.73. The molecule has 0 spiro atoms. The first-order chi connectivity index (χ1) is 6.33. The summed E-state index contributed by atoms with van der Waals surface area (Å²) < 4.78 is 0. The molecule has 0 aliphatic carbocycles. The highest BCUT2D eigenvalue weighted by Crippen LogP contribution is 2.12. The minimum absolute atomic E-state index is 0.756. The lowest BCUT2D eigenvalue weighted by molar-refractivity contribution is 0.512. The fourth-order valence-electron chi connectivity index (χ4n) is 1.58. The van der Waals surface area contributed by atoms with E-state index < -0.39 is 0 Å². The van der Waals surface area contributed by atoms with Gasteiger partial charge in [-0.25, -0.2) is 0 Å². The Balaban J connectivity index is 2.32. The van der Waals surface area contributed by atoms with Gasteiger partial charge in [-0.2, -0.15) is 0 Å². The highest BCUT2D eigenvalue weighted by molar-refractivity contribution is 5.14. The molecule has 0 aromatic heterocycles. The highest BCUT2D eigenvalue weighted by Gasteiger charge is 2.01. The van der Waals surface area contributed by atoms with Crippen molar-refractivity contribution < 1.29 is 0 Å². The third-order valence-corrected chi connectivity index (χ3v) is 2.33. The molecule has 0 saturated heterocycles. The first kappa shape index (κ1) is 10.3. The van der Waals surface area contributed by atoms with Crippen LogP contribution in [0.25, 0.3) is 0 Å². The van der Waals surface area contributed by atoms with Gasteiger partial charge in [0.1, 0.15) is 0 Å². The van der Waals surface area contributed by atoms with E-state index in [1.807, 2.05) is 0 Å². The van der Waals surface area contributed by atoms with Crippen molar-refractivity contribution in [1.82, 2.24) is 0 Å². The molecule has 1 unspecified atom stereocenters. The summed E-state index contributed by atoms with van der Waals surface area (Å²) in [6.07, 6.45) is 3.57. The minimum atomic E-state index is 0.756. The summed E-state index contributed by atoms with van der Waals surface area (Å²) in [7, 11) is 0. The van der Waals surface area contributed by atoms with Gasteiger partial charge in [-0.1, -0.05) is 37.3 Å². The van der Waals surface area contributed by atoms with E-state index in [0.717, 1.165) is 18.9 Å². The molecule has 0 amide bonds. The van der Waals surface area contributed by atoms with E-state index >= 15 is 0 Å². The Morgan fingerprint density at radius 1 is 1.23 bits per heavy atom. The maximum atomic E-state index is 5.47. The molecule has 1 aromatic rings. The largest absolute Gasteiger partial charge is 0.330 e. The third kappa shape index (κ3) is 4.09. The smallest absolute Gasteiger partial charge is 0.00772 e. The topological polar surface area (TPSA) is 26.0 Å². The standard InChI is InChI=1S/C12H19N/c1-11(6-5-9-13)10-12-7-3-2-4-8-12/h2-4,7-8,11H,5-6,9-10,13H2,1H3. The minimum Gasteiger partial charge on any atom is -0.330 e. The van der Waals surface area contributed by atoms with Crippen LogP contribution in [0.5, 0.6) is 0 Å². The van der Waals surface area contributed by atoms with Gasteiger partial charge in [0.15, 0.2) is 0 Å². The van der Waals surface area contributed by atoms with Crippen molar-refractivity contribution in [3.63, 3.8) is 0 Å². The molecule has 2 N–H and O–H groups in total. The van der Waals surface area contributed by atoms with Crippen LogP contribution < -0.4 is 5.73 Å². The normalized spacial score (nSPS) is 12.8. The average Bonchev–Trinajstić information content (AvgIpc) is 2.16. The van der Waals surface area contributed by atoms with Crippen LogP contribution in [0.1, 0.15) is 25.3 Å². The molecule has 0 aliphatic rings. The van der Waals surface area contributed by atoms with E-state index in [-0.39, 0.29) is 0 Å². The van der Waals surface area contributed by atoms with Gasteiger partial charge in [0.05, 0.1) is 0 Å². The van der Waals surface area contributed by atoms with Gasteiger partial charge in [-0.3, -0.25) is 0 Å². The van der Waals surface area contributed by atoms with E-state index in [4.69, 9.17) is 5.73 Å². The number of hydrogen-bond donors (Lipinski definition) is 1. The van der Waals surface area contributed by atoms with Crippen molar-refractivity contribution >= 4 is 0 Å². The molecule has 72 valence electrons. The maximum Gasteiger partial charge on any atom is -0.00772 e. The molecule has 0 saturated carbocycles. The van der Waals surface area contributed by atoms with Crippen molar-refractivity contribution in [2.75, 3.05) is 6.54 Å². The molecule has 0 heterocycles. The molecule has 13 heavy (non-hydrogen) atoms. The van der Waals surface area contributed by atoms with E-state index in [0.29, 0.717) is 0 Å². The van der Waals surface area contributed by atoms with Gasteiger partial charge in [-0.05, 0) is 37.3 Å². The summed E-state index contributed by atoms with van der Waals surface area (Å²) in [5.74, 6) is 0.756. The van der Waals surface area contributed by atoms with Crippen molar-refractivity contribution in [1.29, 1.82) is 0 Å². The molecule has 0 aliphatic heterocycles. The number of nitrogens with two attached hydrogens (primary N) is 1. The molecule has 1 nitrogen and oxygen atoms in total. The summed E-state index contributed by atoms with van der Waals surface area (Å²) in [6.45, 7) is 3.11. The maximum absolute atomic E-state index is 5.47. The summed E-state index contributed by atoms with van der Waals surface area (Å²) >= 11 is 0. The van der Waals surface area contributed by atoms with Crippen molar-refractivity contribution in [3.8, 4) is 0 Å². The summed E-state index contributed by atoms with van der Waals surface area (Å²) in [5.41, 5.74) is 6.91. The lowest BCUT2D eigenvalue weighted by Crippen LogP contribution is -2.04. The fourth-order valence-corrected chi connectivity index (χ4v) is 1.58. The second kappa shape index (κ2) is 5.76. The van der Waals surface area contributed by atoms with Gasteiger partial charge in [0, 0.05) is 0 Å². The number of rotatable bonds is 5. The Kier molecular flexibility index (Phi) is 4.55. The van der Waals surface area contributed by atoms with Crippen molar-refractivity contribution in [2.45, 2.75) is 26.2 Å². The van der Waals surface area contributed by atoms with Crippen molar-refractivity contribution in [3.05, 3.63) is 35.9 Å². The predicted octanol–water partition coefficient (Wildman–Crippen LogP) is 2.60. The van der Waals surface area contributed by atoms with Gasteiger partial charge < -0.3 is 5.73 Å². The van der Waals surface area contributed by atoms with Gasteiger partial charge >= 0.3 is 0 Å². The Labute approximate surface area is 81.0 Å². The molecule has 0 radical (unpaired) electrons. The molecular weight excluding hydrogens is 158 g/mol. The van der Waals surface area contributed by atoms with Crippen LogP contribution >= 0.6 is 0 Å². The summed E-state index contributed by atoms with van der Waals surface area (Å²) in [4.78, 5) is 0. The first-order valence-corrected chi connectivity index (χ1v) is 5.07. The number of hydrogen-bond acceptors (Lipinski definition) is 1. The van der Waals surface area contributed by atoms with Crippen LogP contribution in [0.3, 0.4) is 0 Å². The summed E-state index contributed by atoms with van der Waals surface area (Å²) in [6, 6.07) is 10.7. The van der Waals surface area contributed by atoms with Crippen LogP contribution in [0.2, 0.25) is 0 Å². The van der Waals surface area contributed by atoms with Crippen LogP contribution in [0.15, 0.2) is 30.3 Å². The Hall–Kier alpha value is -0.820. The fraction of sp³-hybridized carbons (Fsp3) is 0.500. The molecular formula is C12H19N.